The van der Waals surface area contributed by atoms with Crippen molar-refractivity contribution < 1.29 is 20.4 Å². The van der Waals surface area contributed by atoms with Crippen LogP contribution in [0, 0.1) is 20.8 Å². The molecule has 0 bridgehead atoms. The van der Waals surface area contributed by atoms with Crippen LogP contribution in [0.4, 0.5) is 0 Å². The van der Waals surface area contributed by atoms with Crippen molar-refractivity contribution in [2.75, 3.05) is 0 Å². The smallest absolute Gasteiger partial charge is 0.124 e. The monoisotopic (exact) mass is 392 g/mol. The van der Waals surface area contributed by atoms with Crippen molar-refractivity contribution in [3.8, 4) is 11.5 Å². The zero-order chi connectivity index (χ0) is 21.1. The van der Waals surface area contributed by atoms with Crippen LogP contribution in [0.1, 0.15) is 50.1 Å². The molecule has 0 saturated carbocycles. The summed E-state index contributed by atoms with van der Waals surface area (Å²) in [4.78, 5) is 0. The summed E-state index contributed by atoms with van der Waals surface area (Å²) in [5.41, 5.74) is 7.64. The number of hydrogen-bond donors (Lipinski definition) is 4. The summed E-state index contributed by atoms with van der Waals surface area (Å²) in [5.74, 6) is 0.293. The molecule has 3 aromatic rings. The van der Waals surface area contributed by atoms with Crippen LogP contribution in [0.2, 0.25) is 0 Å². The second-order valence-electron chi connectivity index (χ2n) is 7.86. The molecule has 0 aliphatic rings. The van der Waals surface area contributed by atoms with E-state index < -0.39 is 0 Å². The van der Waals surface area contributed by atoms with E-state index >= 15 is 0 Å². The van der Waals surface area contributed by atoms with Crippen LogP contribution in [0.5, 0.6) is 11.5 Å². The topological polar surface area (TPSA) is 80.9 Å². The summed E-state index contributed by atoms with van der Waals surface area (Å²) < 4.78 is 0. The molecule has 4 heteroatoms. The summed E-state index contributed by atoms with van der Waals surface area (Å²) in [7, 11) is 0. The van der Waals surface area contributed by atoms with E-state index in [4.69, 9.17) is 0 Å². The summed E-state index contributed by atoms with van der Waals surface area (Å²) in [6.45, 7) is 5.65. The van der Waals surface area contributed by atoms with Crippen LogP contribution in [-0.4, -0.2) is 20.4 Å². The molecule has 0 amide bonds. The fourth-order valence-corrected chi connectivity index (χ4v) is 3.96. The standard InChI is InChI=1S/C25H28O4/c1-15-4-18(10-19(5-15)13-26)11-20-6-16(2)7-21(24(20)28)12-22-8-17(3)9-23(14-27)25(22)29/h4-10,26-29H,11-14H2,1-3H3. The molecule has 0 unspecified atom stereocenters. The van der Waals surface area contributed by atoms with Crippen LogP contribution in [0.25, 0.3) is 0 Å². The largest absolute Gasteiger partial charge is 0.507 e. The molecule has 0 saturated heterocycles. The average Bonchev–Trinajstić information content (AvgIpc) is 2.67. The van der Waals surface area contributed by atoms with Gasteiger partial charge < -0.3 is 20.4 Å². The lowest BCUT2D eigenvalue weighted by Crippen LogP contribution is -1.99. The number of aryl methyl sites for hydroxylation is 3. The molecule has 0 spiro atoms. The summed E-state index contributed by atoms with van der Waals surface area (Å²) in [6.07, 6.45) is 0.924. The number of aromatic hydroxyl groups is 2. The maximum absolute atomic E-state index is 10.9. The average molecular weight is 392 g/mol. The molecule has 29 heavy (non-hydrogen) atoms. The number of benzene rings is 3. The second-order valence-corrected chi connectivity index (χ2v) is 7.86. The van der Waals surface area contributed by atoms with Gasteiger partial charge in [-0.1, -0.05) is 59.2 Å². The SMILES string of the molecule is Cc1cc(CO)cc(Cc2cc(C)cc(Cc3cc(C)cc(CO)c3O)c2O)c1. The Morgan fingerprint density at radius 1 is 0.517 bits per heavy atom. The molecule has 0 aliphatic carbocycles. The predicted molar refractivity (Wildman–Crippen MR) is 114 cm³/mol. The molecule has 0 aliphatic heterocycles. The zero-order valence-corrected chi connectivity index (χ0v) is 17.2. The van der Waals surface area contributed by atoms with Gasteiger partial charge in [0, 0.05) is 18.4 Å². The van der Waals surface area contributed by atoms with E-state index in [-0.39, 0.29) is 24.7 Å². The summed E-state index contributed by atoms with van der Waals surface area (Å²) >= 11 is 0. The number of rotatable bonds is 6. The van der Waals surface area contributed by atoms with Crippen LogP contribution in [-0.2, 0) is 26.1 Å². The van der Waals surface area contributed by atoms with Crippen molar-refractivity contribution in [2.45, 2.75) is 46.8 Å². The van der Waals surface area contributed by atoms with Crippen molar-refractivity contribution in [3.05, 3.63) is 92.5 Å². The molecule has 3 aromatic carbocycles. The van der Waals surface area contributed by atoms with E-state index in [9.17, 15) is 20.4 Å². The van der Waals surface area contributed by atoms with Crippen LogP contribution in [0.15, 0.2) is 42.5 Å². The first-order valence-electron chi connectivity index (χ1n) is 9.74. The van der Waals surface area contributed by atoms with Gasteiger partial charge in [-0.25, -0.2) is 0 Å². The van der Waals surface area contributed by atoms with Gasteiger partial charge in [0.05, 0.1) is 13.2 Å². The fourth-order valence-electron chi connectivity index (χ4n) is 3.96. The quantitative estimate of drug-likeness (QED) is 0.507. The Kier molecular flexibility index (Phi) is 6.26. The zero-order valence-electron chi connectivity index (χ0n) is 17.2. The second kappa shape index (κ2) is 8.68. The van der Waals surface area contributed by atoms with E-state index in [1.165, 1.54) is 0 Å². The lowest BCUT2D eigenvalue weighted by atomic mass is 9.93. The van der Waals surface area contributed by atoms with Crippen molar-refractivity contribution in [1.82, 2.24) is 0 Å². The minimum absolute atomic E-state index is 0.0143. The Hall–Kier alpha value is -2.82. The summed E-state index contributed by atoms with van der Waals surface area (Å²) in [5, 5.41) is 40.3. The highest BCUT2D eigenvalue weighted by Crippen LogP contribution is 2.33. The van der Waals surface area contributed by atoms with Gasteiger partial charge >= 0.3 is 0 Å². The van der Waals surface area contributed by atoms with Gasteiger partial charge in [-0.3, -0.25) is 0 Å². The van der Waals surface area contributed by atoms with Gasteiger partial charge in [0.2, 0.25) is 0 Å². The normalized spacial score (nSPS) is 11.1. The molecular weight excluding hydrogens is 364 g/mol. The van der Waals surface area contributed by atoms with E-state index in [1.54, 1.807) is 6.07 Å². The first-order valence-corrected chi connectivity index (χ1v) is 9.74. The van der Waals surface area contributed by atoms with Gasteiger partial charge in [-0.05, 0) is 48.6 Å². The van der Waals surface area contributed by atoms with E-state index in [0.717, 1.165) is 38.9 Å². The first kappa shape index (κ1) is 20.9. The molecule has 152 valence electrons. The van der Waals surface area contributed by atoms with Crippen molar-refractivity contribution in [3.63, 3.8) is 0 Å². The molecule has 0 atom stereocenters. The van der Waals surface area contributed by atoms with Gasteiger partial charge in [0.1, 0.15) is 11.5 Å². The maximum atomic E-state index is 10.9. The van der Waals surface area contributed by atoms with E-state index in [2.05, 4.69) is 6.07 Å². The highest BCUT2D eigenvalue weighted by Gasteiger charge is 2.14. The number of phenols is 2. The Morgan fingerprint density at radius 3 is 1.52 bits per heavy atom. The lowest BCUT2D eigenvalue weighted by molar-refractivity contribution is 0.275. The Labute approximate surface area is 171 Å². The first-order chi connectivity index (χ1) is 13.8. The number of aliphatic hydroxyl groups is 2. The Bertz CT molecular complexity index is 1040. The van der Waals surface area contributed by atoms with Gasteiger partial charge in [-0.2, -0.15) is 0 Å². The molecule has 4 N–H and O–H groups in total. The van der Waals surface area contributed by atoms with Gasteiger partial charge in [0.15, 0.2) is 0 Å². The van der Waals surface area contributed by atoms with Crippen LogP contribution in [0.3, 0.4) is 0 Å². The van der Waals surface area contributed by atoms with Crippen molar-refractivity contribution >= 4 is 0 Å². The van der Waals surface area contributed by atoms with E-state index in [0.29, 0.717) is 24.0 Å². The van der Waals surface area contributed by atoms with Crippen LogP contribution >= 0.6 is 0 Å². The molecule has 0 radical (unpaired) electrons. The van der Waals surface area contributed by atoms with E-state index in [1.807, 2.05) is 51.1 Å². The molecule has 0 aromatic heterocycles. The molecule has 4 nitrogen and oxygen atoms in total. The molecule has 0 heterocycles. The van der Waals surface area contributed by atoms with Crippen LogP contribution < -0.4 is 0 Å². The Morgan fingerprint density at radius 2 is 0.966 bits per heavy atom. The third kappa shape index (κ3) is 4.78. The number of hydrogen-bond acceptors (Lipinski definition) is 4. The molecular formula is C25H28O4. The lowest BCUT2D eigenvalue weighted by Gasteiger charge is -2.15. The minimum atomic E-state index is -0.230. The fraction of sp³-hybridized carbons (Fsp3) is 0.280. The third-order valence-electron chi connectivity index (χ3n) is 5.15. The predicted octanol–water partition coefficient (Wildman–Crippen LogP) is 4.19. The highest BCUT2D eigenvalue weighted by molar-refractivity contribution is 5.51. The number of aliphatic hydroxyl groups excluding tert-OH is 2. The maximum Gasteiger partial charge on any atom is 0.124 e. The molecule has 3 rings (SSSR count). The highest BCUT2D eigenvalue weighted by atomic mass is 16.3. The Balaban J connectivity index is 1.98. The molecule has 0 fully saturated rings. The number of phenolic OH excluding ortho intramolecular Hbond substituents is 1. The van der Waals surface area contributed by atoms with Crippen molar-refractivity contribution in [1.29, 1.82) is 0 Å². The van der Waals surface area contributed by atoms with Gasteiger partial charge in [0.25, 0.3) is 0 Å². The third-order valence-corrected chi connectivity index (χ3v) is 5.15. The summed E-state index contributed by atoms with van der Waals surface area (Å²) in [6, 6.07) is 13.5. The van der Waals surface area contributed by atoms with Crippen molar-refractivity contribution in [2.24, 2.45) is 0 Å². The van der Waals surface area contributed by atoms with Gasteiger partial charge in [-0.15, -0.1) is 0 Å². The minimum Gasteiger partial charge on any atom is -0.507 e.